The van der Waals surface area contributed by atoms with Gasteiger partial charge < -0.3 is 5.11 Å². The quantitative estimate of drug-likeness (QED) is 0.295. The molecule has 0 aliphatic carbocycles. The van der Waals surface area contributed by atoms with Crippen molar-refractivity contribution in [1.29, 1.82) is 0 Å². The fourth-order valence-electron chi connectivity index (χ4n) is 2.57. The Kier molecular flexibility index (Phi) is 17.7. The largest absolute Gasteiger partial charge is 1.00 e. The smallest absolute Gasteiger partial charge is 0.854 e. The van der Waals surface area contributed by atoms with Gasteiger partial charge in [0.25, 0.3) is 0 Å². The van der Waals surface area contributed by atoms with Gasteiger partial charge in [-0.25, -0.2) is 10.0 Å². The molecule has 0 N–H and O–H groups in total. The first-order valence-electron chi connectivity index (χ1n) is 9.47. The Balaban J connectivity index is 0.00000625. The van der Waals surface area contributed by atoms with Crippen LogP contribution in [0.25, 0.3) is 0 Å². The summed E-state index contributed by atoms with van der Waals surface area (Å²) in [6.07, 6.45) is 17.1. The zero-order chi connectivity index (χ0) is 18.4. The van der Waals surface area contributed by atoms with E-state index >= 15 is 0 Å². The number of unbranched alkanes of at least 4 members (excludes halogenated alkanes) is 7. The van der Waals surface area contributed by atoms with Gasteiger partial charge >= 0.3 is 51.4 Å². The summed E-state index contributed by atoms with van der Waals surface area (Å²) in [5, 5.41) is 10.3. The second kappa shape index (κ2) is 17.0. The second-order valence-electron chi connectivity index (χ2n) is 7.20. The van der Waals surface area contributed by atoms with Gasteiger partial charge in [-0.05, 0) is 72.3 Å². The number of benzene rings is 1. The Hall–Kier alpha value is 1.08. The fraction of sp³-hybridized carbons (Fsp3) is 0.636. The van der Waals surface area contributed by atoms with Crippen molar-refractivity contribution in [2.45, 2.75) is 56.3 Å². The molecule has 1 aromatic carbocycles. The van der Waals surface area contributed by atoms with E-state index in [2.05, 4.69) is 54.9 Å². The third-order valence-electron chi connectivity index (χ3n) is 4.11. The van der Waals surface area contributed by atoms with E-state index in [-0.39, 0.29) is 58.0 Å². The summed E-state index contributed by atoms with van der Waals surface area (Å²) in [7, 11) is -0.630. The molecule has 1 nitrogen and oxygen atoms in total. The van der Waals surface area contributed by atoms with E-state index in [0.717, 1.165) is 23.5 Å². The Labute approximate surface area is 210 Å². The molecule has 4 heteroatoms. The maximum Gasteiger partial charge on any atom is 1.00 e. The van der Waals surface area contributed by atoms with Gasteiger partial charge in [-0.3, -0.25) is 0 Å². The van der Waals surface area contributed by atoms with E-state index in [1.165, 1.54) is 49.8 Å². The van der Waals surface area contributed by atoms with E-state index in [0.29, 0.717) is 0 Å². The molecule has 0 saturated heterocycles. The van der Waals surface area contributed by atoms with E-state index in [4.69, 9.17) is 0 Å². The summed E-state index contributed by atoms with van der Waals surface area (Å²) in [4.78, 5) is 1.45. The third-order valence-corrected chi connectivity index (χ3v) is 6.83. The molecule has 0 fully saturated rings. The molecule has 0 saturated carbocycles. The Morgan fingerprint density at radius 1 is 0.846 bits per heavy atom. The first-order valence-corrected chi connectivity index (χ1v) is 13.5. The molecule has 26 heavy (non-hydrogen) atoms. The predicted molar refractivity (Wildman–Crippen MR) is 116 cm³/mol. The number of hydrogen-bond acceptors (Lipinski definition) is 2. The van der Waals surface area contributed by atoms with Crippen LogP contribution in [0.5, 0.6) is 0 Å². The Bertz CT molecular complexity index is 512. The van der Waals surface area contributed by atoms with Crippen LogP contribution in [0.15, 0.2) is 29.2 Å². The van der Waals surface area contributed by atoms with E-state index < -0.39 is 10.0 Å². The van der Waals surface area contributed by atoms with Crippen molar-refractivity contribution in [2.75, 3.05) is 36.9 Å². The molecule has 0 radical (unpaired) electrons. The van der Waals surface area contributed by atoms with Gasteiger partial charge in [0, 0.05) is 12.0 Å². The molecular formula is C22H35KOS2. The molecule has 0 heterocycles. The zero-order valence-corrected chi connectivity index (χ0v) is 22.1. The minimum absolute atomic E-state index is 0. The number of hydrogen-bond donors (Lipinski definition) is 0. The molecule has 142 valence electrons. The summed E-state index contributed by atoms with van der Waals surface area (Å²) in [6.45, 7) is 0.0662. The van der Waals surface area contributed by atoms with E-state index in [1.54, 1.807) is 11.8 Å². The molecule has 1 aromatic rings. The molecule has 0 spiro atoms. The van der Waals surface area contributed by atoms with Gasteiger partial charge in [0.15, 0.2) is 0 Å². The molecule has 0 atom stereocenters. The second-order valence-corrected chi connectivity index (χ2v) is 12.6. The summed E-state index contributed by atoms with van der Waals surface area (Å²) in [5.74, 6) is 8.56. The summed E-state index contributed by atoms with van der Waals surface area (Å²) in [6, 6.07) is 8.79. The Morgan fingerprint density at radius 2 is 1.42 bits per heavy atom. The fourth-order valence-corrected chi connectivity index (χ4v) is 4.26. The van der Waals surface area contributed by atoms with Crippen LogP contribution in [0.1, 0.15) is 56.9 Å². The maximum atomic E-state index is 10.3. The first kappa shape index (κ1) is 27.1. The van der Waals surface area contributed by atoms with Crippen molar-refractivity contribution >= 4 is 21.8 Å². The van der Waals surface area contributed by atoms with Crippen LogP contribution in [0, 0.1) is 11.8 Å². The average molecular weight is 419 g/mol. The van der Waals surface area contributed by atoms with Crippen molar-refractivity contribution in [1.82, 2.24) is 0 Å². The summed E-state index contributed by atoms with van der Waals surface area (Å²) in [5.41, 5.74) is 1.14. The zero-order valence-electron chi connectivity index (χ0n) is 17.3. The van der Waals surface area contributed by atoms with Gasteiger partial charge in [-0.1, -0.05) is 43.9 Å². The standard InChI is InChI=1S/C22H35OS2.K/c1-25(2,3)22-16-14-21(15-17-22)13-11-9-7-5-4-6-8-10-12-19-24-20-18-23;/h14-17H,4-10,12,18-20H2,1-3H3;/q-1;+1. The topological polar surface area (TPSA) is 23.1 Å². The van der Waals surface area contributed by atoms with Crippen LogP contribution in [-0.4, -0.2) is 36.9 Å². The van der Waals surface area contributed by atoms with Crippen LogP contribution < -0.4 is 56.5 Å². The van der Waals surface area contributed by atoms with Crippen molar-refractivity contribution in [3.05, 3.63) is 29.8 Å². The van der Waals surface area contributed by atoms with Gasteiger partial charge in [0.1, 0.15) is 0 Å². The van der Waals surface area contributed by atoms with Crippen LogP contribution >= 0.6 is 21.8 Å². The van der Waals surface area contributed by atoms with Gasteiger partial charge in [0.2, 0.25) is 0 Å². The monoisotopic (exact) mass is 418 g/mol. The molecule has 0 unspecified atom stereocenters. The summed E-state index contributed by atoms with van der Waals surface area (Å²) < 4.78 is 0. The van der Waals surface area contributed by atoms with Crippen LogP contribution in [0.3, 0.4) is 0 Å². The van der Waals surface area contributed by atoms with E-state index in [1.807, 2.05) is 0 Å². The molecule has 0 bridgehead atoms. The molecular weight excluding hydrogens is 383 g/mol. The Morgan fingerprint density at radius 3 is 2.00 bits per heavy atom. The molecule has 0 aliphatic rings. The predicted octanol–water partition coefficient (Wildman–Crippen LogP) is 2.31. The number of thioether (sulfide) groups is 1. The minimum Gasteiger partial charge on any atom is -0.854 e. The van der Waals surface area contributed by atoms with Crippen LogP contribution in [-0.2, 0) is 0 Å². The molecule has 0 amide bonds. The molecule has 0 aromatic heterocycles. The van der Waals surface area contributed by atoms with Crippen LogP contribution in [0.4, 0.5) is 0 Å². The minimum atomic E-state index is -0.630. The van der Waals surface area contributed by atoms with Crippen molar-refractivity contribution in [3.63, 3.8) is 0 Å². The SMILES string of the molecule is CS(C)(C)c1ccc(C#CCCCCCCCCCSCC[O-])cc1.[K+]. The average Bonchev–Trinajstić information content (AvgIpc) is 2.58. The van der Waals surface area contributed by atoms with Crippen molar-refractivity contribution < 1.29 is 56.5 Å². The van der Waals surface area contributed by atoms with E-state index in [9.17, 15) is 5.11 Å². The number of rotatable bonds is 12. The first-order chi connectivity index (χ1) is 12.0. The molecule has 0 aliphatic heterocycles. The normalized spacial score (nSPS) is 11.4. The van der Waals surface area contributed by atoms with Crippen molar-refractivity contribution in [3.8, 4) is 11.8 Å². The van der Waals surface area contributed by atoms with Gasteiger partial charge in [-0.15, -0.1) is 6.61 Å². The maximum absolute atomic E-state index is 10.3. The van der Waals surface area contributed by atoms with Gasteiger partial charge in [-0.2, -0.15) is 11.8 Å². The van der Waals surface area contributed by atoms with Gasteiger partial charge in [0.05, 0.1) is 0 Å². The van der Waals surface area contributed by atoms with Crippen LogP contribution in [0.2, 0.25) is 0 Å². The molecule has 1 rings (SSSR count). The van der Waals surface area contributed by atoms with Crippen molar-refractivity contribution in [2.24, 2.45) is 0 Å². The third kappa shape index (κ3) is 14.1. The summed E-state index contributed by atoms with van der Waals surface area (Å²) >= 11 is 1.80.